The number of nitrogens with one attached hydrogen (secondary N) is 2. The number of Topliss-reactive ketones (excluding diaryl/α,β-unsaturated/α-hetero) is 1. The van der Waals surface area contributed by atoms with Crippen molar-refractivity contribution in [1.29, 1.82) is 0 Å². The standard InChI is InChI=1S/C18H34N2O6/c1-4-24-13-17(22)20-9-10-25-11-12-26-14-18(23)19-8-6-5-7-15(2)16(3)21/h15H,4-14H2,1-3H3,(H,19,23)(H,20,22)/t15-/m0/s1. The Morgan fingerprint density at radius 3 is 2.12 bits per heavy atom. The van der Waals surface area contributed by atoms with Gasteiger partial charge in [-0.25, -0.2) is 0 Å². The van der Waals surface area contributed by atoms with E-state index in [1.807, 2.05) is 13.8 Å². The van der Waals surface area contributed by atoms with Crippen LogP contribution in [0.4, 0.5) is 0 Å². The fraction of sp³-hybridized carbons (Fsp3) is 0.833. The molecule has 0 bridgehead atoms. The van der Waals surface area contributed by atoms with Gasteiger partial charge in [-0.3, -0.25) is 14.4 Å². The monoisotopic (exact) mass is 374 g/mol. The molecule has 0 aromatic carbocycles. The zero-order valence-electron chi connectivity index (χ0n) is 16.3. The third kappa shape index (κ3) is 16.0. The summed E-state index contributed by atoms with van der Waals surface area (Å²) in [6.07, 6.45) is 2.61. The van der Waals surface area contributed by atoms with Crippen LogP contribution in [0.5, 0.6) is 0 Å². The molecule has 0 aromatic rings. The van der Waals surface area contributed by atoms with Crippen LogP contribution in [0.25, 0.3) is 0 Å². The second kappa shape index (κ2) is 16.9. The minimum atomic E-state index is -0.167. The number of carbonyl (C=O) groups excluding carboxylic acids is 3. The molecule has 0 radical (unpaired) electrons. The molecule has 0 saturated heterocycles. The average molecular weight is 374 g/mol. The molecule has 0 aliphatic heterocycles. The zero-order valence-corrected chi connectivity index (χ0v) is 16.3. The van der Waals surface area contributed by atoms with Crippen molar-refractivity contribution in [2.75, 3.05) is 52.7 Å². The minimum Gasteiger partial charge on any atom is -0.377 e. The second-order valence-corrected chi connectivity index (χ2v) is 6.01. The Labute approximate surface area is 156 Å². The van der Waals surface area contributed by atoms with E-state index in [1.165, 1.54) is 0 Å². The first kappa shape index (κ1) is 24.5. The van der Waals surface area contributed by atoms with Crippen molar-refractivity contribution < 1.29 is 28.6 Å². The van der Waals surface area contributed by atoms with E-state index in [4.69, 9.17) is 14.2 Å². The second-order valence-electron chi connectivity index (χ2n) is 6.01. The van der Waals surface area contributed by atoms with Crippen LogP contribution in [0, 0.1) is 5.92 Å². The predicted molar refractivity (Wildman–Crippen MR) is 97.8 cm³/mol. The van der Waals surface area contributed by atoms with Gasteiger partial charge >= 0.3 is 0 Å². The molecule has 8 nitrogen and oxygen atoms in total. The van der Waals surface area contributed by atoms with E-state index in [9.17, 15) is 14.4 Å². The largest absolute Gasteiger partial charge is 0.377 e. The highest BCUT2D eigenvalue weighted by Gasteiger charge is 2.07. The van der Waals surface area contributed by atoms with Gasteiger partial charge in [0.15, 0.2) is 0 Å². The Morgan fingerprint density at radius 2 is 1.46 bits per heavy atom. The summed E-state index contributed by atoms with van der Waals surface area (Å²) >= 11 is 0. The first-order chi connectivity index (χ1) is 12.5. The molecule has 0 heterocycles. The lowest BCUT2D eigenvalue weighted by atomic mass is 10.0. The zero-order chi connectivity index (χ0) is 19.6. The molecule has 0 unspecified atom stereocenters. The van der Waals surface area contributed by atoms with E-state index < -0.39 is 0 Å². The lowest BCUT2D eigenvalue weighted by molar-refractivity contribution is -0.127. The van der Waals surface area contributed by atoms with Crippen LogP contribution in [0.3, 0.4) is 0 Å². The van der Waals surface area contributed by atoms with Gasteiger partial charge in [0.2, 0.25) is 11.8 Å². The van der Waals surface area contributed by atoms with E-state index in [0.717, 1.165) is 19.3 Å². The number of amides is 2. The Kier molecular flexibility index (Phi) is 15.9. The minimum absolute atomic E-state index is 0.00169. The summed E-state index contributed by atoms with van der Waals surface area (Å²) in [6, 6.07) is 0. The van der Waals surface area contributed by atoms with Gasteiger partial charge < -0.3 is 24.8 Å². The molecular weight excluding hydrogens is 340 g/mol. The Morgan fingerprint density at radius 1 is 0.846 bits per heavy atom. The predicted octanol–water partition coefficient (Wildman–Crippen LogP) is 0.684. The molecule has 0 fully saturated rings. The molecule has 152 valence electrons. The number of ether oxygens (including phenoxy) is 3. The fourth-order valence-corrected chi connectivity index (χ4v) is 1.95. The highest BCUT2D eigenvalue weighted by atomic mass is 16.5. The van der Waals surface area contributed by atoms with Crippen molar-refractivity contribution in [3.05, 3.63) is 0 Å². The van der Waals surface area contributed by atoms with Crippen molar-refractivity contribution in [2.24, 2.45) is 5.92 Å². The van der Waals surface area contributed by atoms with Crippen molar-refractivity contribution >= 4 is 17.6 Å². The summed E-state index contributed by atoms with van der Waals surface area (Å²) in [5.74, 6) is -0.0310. The third-order valence-electron chi connectivity index (χ3n) is 3.69. The van der Waals surface area contributed by atoms with Gasteiger partial charge in [0.1, 0.15) is 19.0 Å². The molecule has 26 heavy (non-hydrogen) atoms. The lowest BCUT2D eigenvalue weighted by Gasteiger charge is -2.09. The summed E-state index contributed by atoms with van der Waals surface area (Å²) in [6.45, 7) is 7.97. The topological polar surface area (TPSA) is 103 Å². The van der Waals surface area contributed by atoms with Crippen LogP contribution in [0.15, 0.2) is 0 Å². The van der Waals surface area contributed by atoms with Gasteiger partial charge in [-0.2, -0.15) is 0 Å². The number of hydrogen-bond donors (Lipinski definition) is 2. The van der Waals surface area contributed by atoms with Gasteiger partial charge in [0.05, 0.1) is 19.8 Å². The smallest absolute Gasteiger partial charge is 0.246 e. The van der Waals surface area contributed by atoms with Gasteiger partial charge in [-0.05, 0) is 26.7 Å². The van der Waals surface area contributed by atoms with Crippen LogP contribution < -0.4 is 10.6 Å². The Balaban J connectivity index is 3.34. The number of unbranched alkanes of at least 4 members (excludes halogenated alkanes) is 1. The van der Waals surface area contributed by atoms with Crippen molar-refractivity contribution in [3.8, 4) is 0 Å². The first-order valence-electron chi connectivity index (χ1n) is 9.24. The molecule has 0 spiro atoms. The molecule has 2 N–H and O–H groups in total. The molecule has 1 atom stereocenters. The Bertz CT molecular complexity index is 403. The molecular formula is C18H34N2O6. The first-order valence-corrected chi connectivity index (χ1v) is 9.24. The van der Waals surface area contributed by atoms with Crippen LogP contribution >= 0.6 is 0 Å². The van der Waals surface area contributed by atoms with Crippen LogP contribution in [-0.2, 0) is 28.6 Å². The SMILES string of the molecule is CCOCC(=O)NCCOCCOCC(=O)NCCCC[C@H](C)C(C)=O. The van der Waals surface area contributed by atoms with Gasteiger partial charge in [-0.1, -0.05) is 13.3 Å². The summed E-state index contributed by atoms with van der Waals surface area (Å²) in [5, 5.41) is 5.44. The highest BCUT2D eigenvalue weighted by Crippen LogP contribution is 2.07. The maximum absolute atomic E-state index is 11.6. The van der Waals surface area contributed by atoms with E-state index in [1.54, 1.807) is 6.92 Å². The maximum atomic E-state index is 11.6. The maximum Gasteiger partial charge on any atom is 0.246 e. The Hall–Kier alpha value is -1.51. The van der Waals surface area contributed by atoms with Crippen LogP contribution in [0.1, 0.15) is 40.0 Å². The highest BCUT2D eigenvalue weighted by molar-refractivity contribution is 5.78. The summed E-state index contributed by atoms with van der Waals surface area (Å²) in [7, 11) is 0. The molecule has 0 aliphatic rings. The summed E-state index contributed by atoms with van der Waals surface area (Å²) in [5.41, 5.74) is 0. The fourth-order valence-electron chi connectivity index (χ4n) is 1.95. The third-order valence-corrected chi connectivity index (χ3v) is 3.69. The van der Waals surface area contributed by atoms with E-state index in [2.05, 4.69) is 10.6 Å². The van der Waals surface area contributed by atoms with Crippen molar-refractivity contribution in [1.82, 2.24) is 10.6 Å². The molecule has 0 rings (SSSR count). The van der Waals surface area contributed by atoms with E-state index in [-0.39, 0.29) is 36.7 Å². The normalized spacial score (nSPS) is 11.8. The summed E-state index contributed by atoms with van der Waals surface area (Å²) in [4.78, 5) is 33.9. The number of carbonyl (C=O) groups is 3. The number of hydrogen-bond acceptors (Lipinski definition) is 6. The van der Waals surface area contributed by atoms with Crippen molar-refractivity contribution in [2.45, 2.75) is 40.0 Å². The van der Waals surface area contributed by atoms with E-state index >= 15 is 0 Å². The molecule has 0 saturated carbocycles. The van der Waals surface area contributed by atoms with Crippen LogP contribution in [-0.4, -0.2) is 70.3 Å². The quantitative estimate of drug-likeness (QED) is 0.363. The van der Waals surface area contributed by atoms with Gasteiger partial charge in [0, 0.05) is 25.6 Å². The van der Waals surface area contributed by atoms with Crippen molar-refractivity contribution in [3.63, 3.8) is 0 Å². The van der Waals surface area contributed by atoms with Gasteiger partial charge in [0.25, 0.3) is 0 Å². The van der Waals surface area contributed by atoms with E-state index in [0.29, 0.717) is 39.5 Å². The van der Waals surface area contributed by atoms with Crippen LogP contribution in [0.2, 0.25) is 0 Å². The molecule has 0 aromatic heterocycles. The molecule has 2 amide bonds. The average Bonchev–Trinajstić information content (AvgIpc) is 2.61. The lowest BCUT2D eigenvalue weighted by Crippen LogP contribution is -2.31. The molecule has 8 heteroatoms. The molecule has 0 aliphatic carbocycles. The number of rotatable bonds is 17. The number of ketones is 1. The van der Waals surface area contributed by atoms with Gasteiger partial charge in [-0.15, -0.1) is 0 Å². The summed E-state index contributed by atoms with van der Waals surface area (Å²) < 4.78 is 15.5.